The Morgan fingerprint density at radius 3 is 0.682 bits per heavy atom. The minimum atomic E-state index is 0.818. The van der Waals surface area contributed by atoms with Gasteiger partial charge in [-0.05, 0) is 292 Å². The van der Waals surface area contributed by atoms with Crippen LogP contribution >= 0.6 is 63.7 Å². The normalized spacial score (nSPS) is 12.0. The van der Waals surface area contributed by atoms with Crippen LogP contribution in [0, 0.1) is 83.1 Å². The number of nitrogens with zero attached hydrogens (tertiary/aromatic N) is 2. The lowest BCUT2D eigenvalue weighted by molar-refractivity contribution is 1.30. The molecule has 88 heavy (non-hydrogen) atoms. The van der Waals surface area contributed by atoms with E-state index in [9.17, 15) is 0 Å². The van der Waals surface area contributed by atoms with Crippen molar-refractivity contribution in [2.24, 2.45) is 0 Å². The summed E-state index contributed by atoms with van der Waals surface area (Å²) in [7, 11) is 0. The van der Waals surface area contributed by atoms with Gasteiger partial charge in [-0.1, -0.05) is 147 Å². The Bertz CT molecular complexity index is 4450. The summed E-state index contributed by atoms with van der Waals surface area (Å²) in [5.74, 6) is 0. The van der Waals surface area contributed by atoms with E-state index in [0.29, 0.717) is 0 Å². The van der Waals surface area contributed by atoms with Crippen molar-refractivity contribution < 1.29 is 0 Å². The lowest BCUT2D eigenvalue weighted by Gasteiger charge is -2.18. The van der Waals surface area contributed by atoms with Crippen molar-refractivity contribution in [2.45, 2.75) is 83.1 Å². The van der Waals surface area contributed by atoms with Crippen molar-refractivity contribution in [1.29, 1.82) is 0 Å². The third-order valence-corrected chi connectivity index (χ3v) is 20.1. The summed E-state index contributed by atoms with van der Waals surface area (Å²) in [6, 6.07) is 54.2. The van der Waals surface area contributed by atoms with Crippen LogP contribution in [0.4, 0.5) is 0 Å². The summed E-state index contributed by atoms with van der Waals surface area (Å²) >= 11 is 16.2. The van der Waals surface area contributed by atoms with E-state index in [0.717, 1.165) is 129 Å². The average Bonchev–Trinajstić information content (AvgIpc) is 1.52. The van der Waals surface area contributed by atoms with Crippen LogP contribution in [0.2, 0.25) is 0 Å². The van der Waals surface area contributed by atoms with Crippen LogP contribution < -0.4 is 0 Å². The molecule has 2 N–H and O–H groups in total. The summed E-state index contributed by atoms with van der Waals surface area (Å²) in [6.45, 7) is 26.7. The Balaban J connectivity index is 1.21. The van der Waals surface area contributed by atoms with Crippen molar-refractivity contribution in [2.75, 3.05) is 0 Å². The van der Waals surface area contributed by atoms with Gasteiger partial charge in [0.25, 0.3) is 0 Å². The third-order valence-electron chi connectivity index (χ3n) is 17.5. The minimum absolute atomic E-state index is 0.818. The predicted molar refractivity (Wildman–Crippen MR) is 390 cm³/mol. The number of hydrogen-bond acceptors (Lipinski definition) is 2. The van der Waals surface area contributed by atoms with Crippen LogP contribution in [0.5, 0.6) is 0 Å². The molecule has 0 spiro atoms. The van der Waals surface area contributed by atoms with Crippen LogP contribution in [0.1, 0.15) is 89.5 Å². The van der Waals surface area contributed by atoms with Gasteiger partial charge in [0.1, 0.15) is 0 Å². The number of rotatable bonds is 8. The maximum Gasteiger partial charge on any atom is 0.0738 e. The predicted octanol–water partition coefficient (Wildman–Crippen LogP) is 24.7. The topological polar surface area (TPSA) is 57.4 Å². The van der Waals surface area contributed by atoms with E-state index < -0.39 is 0 Å². The van der Waals surface area contributed by atoms with Crippen molar-refractivity contribution >= 4 is 110 Å². The highest BCUT2D eigenvalue weighted by molar-refractivity contribution is 9.11. The number of aromatic amines is 2. The van der Waals surface area contributed by atoms with E-state index in [-0.39, 0.29) is 0 Å². The molecule has 2 aliphatic heterocycles. The lowest BCUT2D eigenvalue weighted by atomic mass is 9.86. The Morgan fingerprint density at radius 2 is 0.443 bits per heavy atom. The molecule has 8 heteroatoms. The molecule has 0 aliphatic carbocycles. The fourth-order valence-electron chi connectivity index (χ4n) is 14.5. The molecule has 13 rings (SSSR count). The molecule has 0 saturated heterocycles. The highest BCUT2D eigenvalue weighted by atomic mass is 79.9. The lowest BCUT2D eigenvalue weighted by Crippen LogP contribution is -1.96. The van der Waals surface area contributed by atoms with Crippen LogP contribution in [0.25, 0.3) is 135 Å². The summed E-state index contributed by atoms with van der Waals surface area (Å²) < 4.78 is 3.75. The van der Waals surface area contributed by atoms with Crippen molar-refractivity contribution in [3.63, 3.8) is 0 Å². The Hall–Kier alpha value is -7.72. The zero-order valence-electron chi connectivity index (χ0n) is 51.6. The van der Waals surface area contributed by atoms with Crippen LogP contribution in [-0.2, 0) is 0 Å². The monoisotopic (exact) mass is 1400 g/mol. The van der Waals surface area contributed by atoms with E-state index in [1.54, 1.807) is 0 Å². The Morgan fingerprint density at radius 1 is 0.239 bits per heavy atom. The molecule has 0 saturated carbocycles. The average molecular weight is 1400 g/mol. The number of aryl methyl sites for hydroxylation is 12. The second-order valence-corrected chi connectivity index (χ2v) is 27.8. The van der Waals surface area contributed by atoms with Gasteiger partial charge < -0.3 is 9.97 Å². The molecule has 434 valence electrons. The highest BCUT2D eigenvalue weighted by Crippen LogP contribution is 2.47. The SMILES string of the molecule is Cc1cc(C)c(-c2cc(-c3c(C)cc(C)cc3C)cc(-c3c4nc(c(-c5c(Br)cccc5Br)c5ccc([nH]5)c(-c5cc(-c6c(C)cc(C)cc6C)cc(-c6c(C)cc(C)cc6C)c5)c5nc(c(-c6c(Br)cccc6Br)c6ccc3[nH]6)C=C5)C=C4)c2)c(C)c1. The third kappa shape index (κ3) is 10.8. The number of hydrogen-bond donors (Lipinski definition) is 2. The van der Waals surface area contributed by atoms with E-state index in [1.165, 1.54) is 89.0 Å². The van der Waals surface area contributed by atoms with Crippen molar-refractivity contribution in [1.82, 2.24) is 19.9 Å². The fourth-order valence-corrected chi connectivity index (χ4v) is 17.3. The molecule has 3 aromatic heterocycles. The summed E-state index contributed by atoms with van der Waals surface area (Å²) in [4.78, 5) is 19.8. The summed E-state index contributed by atoms with van der Waals surface area (Å²) in [5, 5.41) is 0. The first kappa shape index (κ1) is 59.3. The Labute approximate surface area is 550 Å². The van der Waals surface area contributed by atoms with Crippen LogP contribution in [0.3, 0.4) is 0 Å². The molecule has 0 fully saturated rings. The quantitative estimate of drug-likeness (QED) is 0.159. The van der Waals surface area contributed by atoms with E-state index >= 15 is 0 Å². The Kier molecular flexibility index (Phi) is 15.7. The molecule has 8 aromatic carbocycles. The van der Waals surface area contributed by atoms with Crippen molar-refractivity contribution in [3.8, 4) is 89.0 Å². The molecule has 4 nitrogen and oxygen atoms in total. The molecule has 5 heterocycles. The maximum atomic E-state index is 5.84. The van der Waals surface area contributed by atoms with Gasteiger partial charge in [-0.2, -0.15) is 0 Å². The summed E-state index contributed by atoms with van der Waals surface area (Å²) in [5.41, 5.74) is 39.3. The molecule has 0 amide bonds. The first-order chi connectivity index (χ1) is 42.2. The minimum Gasteiger partial charge on any atom is -0.354 e. The van der Waals surface area contributed by atoms with Gasteiger partial charge in [0.05, 0.1) is 22.8 Å². The number of H-pyrrole nitrogens is 2. The molecule has 0 unspecified atom stereocenters. The number of aromatic nitrogens is 4. The molecule has 0 atom stereocenters. The van der Waals surface area contributed by atoms with Gasteiger partial charge in [0.2, 0.25) is 0 Å². The number of halogens is 4. The highest BCUT2D eigenvalue weighted by Gasteiger charge is 2.25. The zero-order chi connectivity index (χ0) is 61.7. The molecule has 8 bridgehead atoms. The molecule has 0 radical (unpaired) electrons. The van der Waals surface area contributed by atoms with Gasteiger partial charge in [0.15, 0.2) is 0 Å². The van der Waals surface area contributed by atoms with Gasteiger partial charge in [-0.3, -0.25) is 0 Å². The maximum absolute atomic E-state index is 5.84. The smallest absolute Gasteiger partial charge is 0.0738 e. The second-order valence-electron chi connectivity index (χ2n) is 24.4. The number of nitrogens with one attached hydrogen (secondary N) is 2. The standard InChI is InChI=1S/C80H66Br4N4/c1-41-27-45(5)71(46(6)28-41)53-35-54(72-47(7)29-42(2)30-48(72)8)38-57(37-53)75-63-19-23-67(85-63)79(77-59(81)15-13-16-60(77)82)69-25-21-65(87-69)76(66-22-26-70(88-66)80(68-24-20-64(75)86-68)78-61(83)17-14-18-62(78)84)58-39-55(73-49(9)31-43(3)32-50(73)10)36-56(40-58)74-51(11)33-44(4)34-52(74)12/h13-40,85,88H,1-12H3. The van der Waals surface area contributed by atoms with Crippen molar-refractivity contribution in [3.05, 3.63) is 253 Å². The molecule has 11 aromatic rings. The second kappa shape index (κ2) is 23.3. The summed E-state index contributed by atoms with van der Waals surface area (Å²) in [6.07, 6.45) is 8.77. The molecular weight excluding hydrogens is 1340 g/mol. The zero-order valence-corrected chi connectivity index (χ0v) is 57.9. The number of fused-ring (bicyclic) bond motifs is 8. The van der Waals surface area contributed by atoms with Crippen LogP contribution in [0.15, 0.2) is 163 Å². The largest absolute Gasteiger partial charge is 0.354 e. The van der Waals surface area contributed by atoms with Gasteiger partial charge >= 0.3 is 0 Å². The fraction of sp³-hybridized carbons (Fsp3) is 0.150. The first-order valence-electron chi connectivity index (χ1n) is 29.9. The molecule has 2 aliphatic rings. The first-order valence-corrected chi connectivity index (χ1v) is 33.0. The van der Waals surface area contributed by atoms with E-state index in [4.69, 9.17) is 9.97 Å². The molecular formula is C80H66Br4N4. The van der Waals surface area contributed by atoms with Crippen LogP contribution in [-0.4, -0.2) is 19.9 Å². The van der Waals surface area contributed by atoms with Gasteiger partial charge in [-0.15, -0.1) is 0 Å². The van der Waals surface area contributed by atoms with Gasteiger partial charge in [0, 0.05) is 73.3 Å². The van der Waals surface area contributed by atoms with E-state index in [2.05, 4.69) is 327 Å². The van der Waals surface area contributed by atoms with Gasteiger partial charge in [-0.25, -0.2) is 9.97 Å². The van der Waals surface area contributed by atoms with E-state index in [1.807, 2.05) is 0 Å². The number of benzene rings is 8.